The summed E-state index contributed by atoms with van der Waals surface area (Å²) in [5, 5.41) is 4.13. The molecule has 5 nitrogen and oxygen atoms in total. The summed E-state index contributed by atoms with van der Waals surface area (Å²) in [6.45, 7) is 6.08. The lowest BCUT2D eigenvalue weighted by Gasteiger charge is -2.35. The minimum Gasteiger partial charge on any atom is -0.338 e. The summed E-state index contributed by atoms with van der Waals surface area (Å²) < 4.78 is 1.68. The fraction of sp³-hybridized carbons (Fsp3) is 0.438. The van der Waals surface area contributed by atoms with E-state index in [1.807, 2.05) is 29.3 Å². The van der Waals surface area contributed by atoms with Crippen LogP contribution in [0.5, 0.6) is 0 Å². The Morgan fingerprint density at radius 3 is 2.57 bits per heavy atom. The molecule has 1 fully saturated rings. The zero-order chi connectivity index (χ0) is 14.8. The van der Waals surface area contributed by atoms with Crippen LogP contribution in [0.25, 0.3) is 5.82 Å². The first-order valence-corrected chi connectivity index (χ1v) is 7.39. The number of hydrogen-bond donors (Lipinski definition) is 0. The Kier molecular flexibility index (Phi) is 3.73. The maximum absolute atomic E-state index is 12.6. The van der Waals surface area contributed by atoms with Crippen LogP contribution in [0.1, 0.15) is 30.6 Å². The van der Waals surface area contributed by atoms with Gasteiger partial charge in [0.25, 0.3) is 5.91 Å². The van der Waals surface area contributed by atoms with Gasteiger partial charge in [0.1, 0.15) is 0 Å². The van der Waals surface area contributed by atoms with Gasteiger partial charge < -0.3 is 4.90 Å². The predicted molar refractivity (Wildman–Crippen MR) is 80.2 cm³/mol. The Bertz CT molecular complexity index is 596. The topological polar surface area (TPSA) is 51.0 Å². The van der Waals surface area contributed by atoms with Gasteiger partial charge in [-0.15, -0.1) is 0 Å². The molecular weight excluding hydrogens is 264 g/mol. The molecule has 0 aliphatic carbocycles. The van der Waals surface area contributed by atoms with Crippen LogP contribution >= 0.6 is 0 Å². The zero-order valence-electron chi connectivity index (χ0n) is 12.4. The highest BCUT2D eigenvalue weighted by molar-refractivity contribution is 5.94. The molecule has 0 spiro atoms. The van der Waals surface area contributed by atoms with Gasteiger partial charge in [0.05, 0.1) is 5.56 Å². The molecule has 1 saturated heterocycles. The quantitative estimate of drug-likeness (QED) is 0.851. The first kappa shape index (κ1) is 13.8. The predicted octanol–water partition coefficient (Wildman–Crippen LogP) is 2.39. The lowest BCUT2D eigenvalue weighted by Crippen LogP contribution is -2.42. The number of carbonyl (C=O) groups excluding carboxylic acids is 1. The van der Waals surface area contributed by atoms with Gasteiger partial charge >= 0.3 is 0 Å². The van der Waals surface area contributed by atoms with E-state index >= 15 is 0 Å². The number of aromatic nitrogens is 3. The van der Waals surface area contributed by atoms with Crippen molar-refractivity contribution < 1.29 is 4.79 Å². The van der Waals surface area contributed by atoms with Crippen molar-refractivity contribution in [2.75, 3.05) is 13.1 Å². The number of hydrogen-bond acceptors (Lipinski definition) is 3. The van der Waals surface area contributed by atoms with E-state index in [-0.39, 0.29) is 5.91 Å². The highest BCUT2D eigenvalue weighted by Crippen LogP contribution is 2.22. The van der Waals surface area contributed by atoms with E-state index in [1.54, 1.807) is 17.1 Å². The van der Waals surface area contributed by atoms with Gasteiger partial charge in [-0.2, -0.15) is 5.10 Å². The van der Waals surface area contributed by atoms with Crippen molar-refractivity contribution in [2.24, 2.45) is 11.8 Å². The SMILES string of the molecule is C[C@@H]1C[C@H](C)CN(C(=O)c2ccc(-n3cccn3)nc2)C1. The second-order valence-corrected chi connectivity index (χ2v) is 6.01. The smallest absolute Gasteiger partial charge is 0.255 e. The number of piperidine rings is 1. The molecule has 0 bridgehead atoms. The van der Waals surface area contributed by atoms with Crippen LogP contribution in [0.4, 0.5) is 0 Å². The Labute approximate surface area is 124 Å². The Morgan fingerprint density at radius 2 is 2.00 bits per heavy atom. The summed E-state index contributed by atoms with van der Waals surface area (Å²) in [5.41, 5.74) is 0.646. The third-order valence-corrected chi connectivity index (χ3v) is 3.89. The van der Waals surface area contributed by atoms with E-state index in [0.717, 1.165) is 18.9 Å². The molecule has 1 aliphatic heterocycles. The second-order valence-electron chi connectivity index (χ2n) is 6.01. The van der Waals surface area contributed by atoms with Crippen LogP contribution in [0.15, 0.2) is 36.8 Å². The average molecular weight is 284 g/mol. The first-order valence-electron chi connectivity index (χ1n) is 7.39. The van der Waals surface area contributed by atoms with Gasteiger partial charge in [-0.1, -0.05) is 13.8 Å². The van der Waals surface area contributed by atoms with Crippen LogP contribution in [0.2, 0.25) is 0 Å². The molecule has 21 heavy (non-hydrogen) atoms. The first-order chi connectivity index (χ1) is 10.1. The van der Waals surface area contributed by atoms with Crippen molar-refractivity contribution in [3.63, 3.8) is 0 Å². The van der Waals surface area contributed by atoms with Gasteiger partial charge in [0.2, 0.25) is 0 Å². The molecular formula is C16H20N4O. The Hall–Kier alpha value is -2.17. The molecule has 2 aromatic rings. The maximum Gasteiger partial charge on any atom is 0.255 e. The number of likely N-dealkylation sites (tertiary alicyclic amines) is 1. The summed E-state index contributed by atoms with van der Waals surface area (Å²) in [7, 11) is 0. The average Bonchev–Trinajstić information content (AvgIpc) is 3.00. The largest absolute Gasteiger partial charge is 0.338 e. The third-order valence-electron chi connectivity index (χ3n) is 3.89. The summed E-state index contributed by atoms with van der Waals surface area (Å²) in [5.74, 6) is 1.92. The number of amides is 1. The van der Waals surface area contributed by atoms with Crippen LogP contribution in [-0.4, -0.2) is 38.7 Å². The fourth-order valence-corrected chi connectivity index (χ4v) is 3.06. The van der Waals surface area contributed by atoms with E-state index in [9.17, 15) is 4.79 Å². The molecule has 0 radical (unpaired) electrons. The molecule has 2 aromatic heterocycles. The molecule has 110 valence electrons. The number of rotatable bonds is 2. The van der Waals surface area contributed by atoms with Crippen molar-refractivity contribution in [3.05, 3.63) is 42.4 Å². The minimum absolute atomic E-state index is 0.0768. The molecule has 5 heteroatoms. The summed E-state index contributed by atoms with van der Waals surface area (Å²) in [4.78, 5) is 18.8. The zero-order valence-corrected chi connectivity index (χ0v) is 12.4. The standard InChI is InChI=1S/C16H20N4O/c1-12-8-13(2)11-19(10-12)16(21)14-4-5-15(17-9-14)20-7-3-6-18-20/h3-7,9,12-13H,8,10-11H2,1-2H3/t12-,13+. The summed E-state index contributed by atoms with van der Waals surface area (Å²) >= 11 is 0. The normalized spacial score (nSPS) is 22.3. The van der Waals surface area contributed by atoms with Crippen LogP contribution < -0.4 is 0 Å². The van der Waals surface area contributed by atoms with Crippen molar-refractivity contribution >= 4 is 5.91 Å². The van der Waals surface area contributed by atoms with Crippen molar-refractivity contribution in [2.45, 2.75) is 20.3 Å². The van der Waals surface area contributed by atoms with Crippen LogP contribution in [0, 0.1) is 11.8 Å². The molecule has 0 aromatic carbocycles. The molecule has 0 saturated carbocycles. The van der Waals surface area contributed by atoms with Crippen molar-refractivity contribution in [3.8, 4) is 5.82 Å². The van der Waals surface area contributed by atoms with Crippen LogP contribution in [0.3, 0.4) is 0 Å². The lowest BCUT2D eigenvalue weighted by atomic mass is 9.91. The second kappa shape index (κ2) is 5.68. The molecule has 1 amide bonds. The Morgan fingerprint density at radius 1 is 1.24 bits per heavy atom. The minimum atomic E-state index is 0.0768. The van der Waals surface area contributed by atoms with Crippen molar-refractivity contribution in [1.29, 1.82) is 0 Å². The maximum atomic E-state index is 12.6. The number of pyridine rings is 1. The molecule has 2 atom stereocenters. The third kappa shape index (κ3) is 2.96. The fourth-order valence-electron chi connectivity index (χ4n) is 3.06. The summed E-state index contributed by atoms with van der Waals surface area (Å²) in [6.07, 6.45) is 6.37. The molecule has 1 aliphatic rings. The van der Waals surface area contributed by atoms with Crippen molar-refractivity contribution in [1.82, 2.24) is 19.7 Å². The lowest BCUT2D eigenvalue weighted by molar-refractivity contribution is 0.0622. The highest BCUT2D eigenvalue weighted by Gasteiger charge is 2.26. The van der Waals surface area contributed by atoms with E-state index < -0.39 is 0 Å². The monoisotopic (exact) mass is 284 g/mol. The molecule has 0 unspecified atom stereocenters. The van der Waals surface area contributed by atoms with E-state index in [2.05, 4.69) is 23.9 Å². The van der Waals surface area contributed by atoms with Gasteiger partial charge in [0, 0.05) is 31.7 Å². The molecule has 3 rings (SSSR count). The number of carbonyl (C=O) groups is 1. The summed E-state index contributed by atoms with van der Waals surface area (Å²) in [6, 6.07) is 5.50. The van der Waals surface area contributed by atoms with E-state index in [4.69, 9.17) is 0 Å². The van der Waals surface area contributed by atoms with E-state index in [0.29, 0.717) is 17.4 Å². The van der Waals surface area contributed by atoms with Gasteiger partial charge in [-0.3, -0.25) is 4.79 Å². The highest BCUT2D eigenvalue weighted by atomic mass is 16.2. The molecule has 0 N–H and O–H groups in total. The van der Waals surface area contributed by atoms with E-state index in [1.165, 1.54) is 6.42 Å². The Balaban J connectivity index is 1.76. The molecule has 3 heterocycles. The van der Waals surface area contributed by atoms with Crippen LogP contribution in [-0.2, 0) is 0 Å². The van der Waals surface area contributed by atoms with Gasteiger partial charge in [-0.25, -0.2) is 9.67 Å². The van der Waals surface area contributed by atoms with Gasteiger partial charge in [-0.05, 0) is 36.5 Å². The number of nitrogens with zero attached hydrogens (tertiary/aromatic N) is 4. The van der Waals surface area contributed by atoms with Gasteiger partial charge in [0.15, 0.2) is 5.82 Å².